The van der Waals surface area contributed by atoms with Crippen molar-refractivity contribution in [3.05, 3.63) is 65.3 Å². The Hall–Kier alpha value is -2.54. The molecule has 1 atom stereocenters. The van der Waals surface area contributed by atoms with Crippen LogP contribution in [0.15, 0.2) is 41.1 Å². The number of hydrogen-bond acceptors (Lipinski definition) is 5. The van der Waals surface area contributed by atoms with Gasteiger partial charge in [0.05, 0.1) is 18.2 Å². The molecule has 24 heavy (non-hydrogen) atoms. The summed E-state index contributed by atoms with van der Waals surface area (Å²) in [6.45, 7) is 4.82. The molecule has 6 nitrogen and oxygen atoms in total. The first-order valence-corrected chi connectivity index (χ1v) is 7.95. The maximum Gasteiger partial charge on any atom is 0.232 e. The average molecular weight is 327 g/mol. The minimum absolute atomic E-state index is 0.0767. The molecule has 0 bridgehead atoms. The van der Waals surface area contributed by atoms with Crippen LogP contribution in [-0.2, 0) is 19.6 Å². The Morgan fingerprint density at radius 1 is 1.21 bits per heavy atom. The number of aromatic nitrogens is 4. The van der Waals surface area contributed by atoms with Gasteiger partial charge in [0.1, 0.15) is 5.82 Å². The summed E-state index contributed by atoms with van der Waals surface area (Å²) in [6, 6.07) is 8.67. The van der Waals surface area contributed by atoms with Gasteiger partial charge in [-0.15, -0.1) is 0 Å². The van der Waals surface area contributed by atoms with Crippen LogP contribution >= 0.6 is 0 Å². The second-order valence-electron chi connectivity index (χ2n) is 6.18. The lowest BCUT2D eigenvalue weighted by Gasteiger charge is -2.22. The number of nitrogens with zero attached hydrogens (tertiary/aromatic N) is 5. The van der Waals surface area contributed by atoms with Crippen LogP contribution in [0.3, 0.4) is 0 Å². The fourth-order valence-corrected chi connectivity index (χ4v) is 3.13. The highest BCUT2D eigenvalue weighted by Gasteiger charge is 2.27. The molecule has 3 aromatic rings. The summed E-state index contributed by atoms with van der Waals surface area (Å²) < 4.78 is 20.5. The van der Waals surface area contributed by atoms with E-state index in [1.165, 1.54) is 12.1 Å². The minimum atomic E-state index is -0.216. The zero-order valence-electron chi connectivity index (χ0n) is 13.4. The topological polar surface area (TPSA) is 60.0 Å². The summed E-state index contributed by atoms with van der Waals surface area (Å²) in [7, 11) is 0. The zero-order valence-corrected chi connectivity index (χ0v) is 13.4. The second-order valence-corrected chi connectivity index (χ2v) is 6.18. The Labute approximate surface area is 138 Å². The van der Waals surface area contributed by atoms with Crippen LogP contribution in [0.2, 0.25) is 0 Å². The van der Waals surface area contributed by atoms with Crippen LogP contribution in [0.1, 0.15) is 28.9 Å². The molecular formula is C17H18FN5O. The van der Waals surface area contributed by atoms with E-state index in [4.69, 9.17) is 4.52 Å². The van der Waals surface area contributed by atoms with Gasteiger partial charge in [0, 0.05) is 25.8 Å². The van der Waals surface area contributed by atoms with E-state index in [2.05, 4.69) is 20.1 Å². The maximum atomic E-state index is 13.1. The summed E-state index contributed by atoms with van der Waals surface area (Å²) >= 11 is 0. The first-order valence-electron chi connectivity index (χ1n) is 7.95. The van der Waals surface area contributed by atoms with Crippen LogP contribution < -0.4 is 0 Å². The third-order valence-electron chi connectivity index (χ3n) is 4.27. The zero-order chi connectivity index (χ0) is 16.5. The van der Waals surface area contributed by atoms with E-state index in [1.807, 2.05) is 36.0 Å². The van der Waals surface area contributed by atoms with Crippen LogP contribution in [0.25, 0.3) is 0 Å². The first-order chi connectivity index (χ1) is 11.7. The number of halogens is 1. The average Bonchev–Trinajstić information content (AvgIpc) is 3.15. The fourth-order valence-electron chi connectivity index (χ4n) is 3.13. The molecule has 1 unspecified atom stereocenters. The van der Waals surface area contributed by atoms with Gasteiger partial charge in [-0.3, -0.25) is 9.58 Å². The summed E-state index contributed by atoms with van der Waals surface area (Å²) in [5.74, 6) is 1.14. The van der Waals surface area contributed by atoms with Crippen molar-refractivity contribution in [3.63, 3.8) is 0 Å². The van der Waals surface area contributed by atoms with Gasteiger partial charge in [-0.2, -0.15) is 10.1 Å². The van der Waals surface area contributed by atoms with E-state index < -0.39 is 0 Å². The van der Waals surface area contributed by atoms with Crippen LogP contribution in [0, 0.1) is 12.7 Å². The Morgan fingerprint density at radius 3 is 2.79 bits per heavy atom. The van der Waals surface area contributed by atoms with Crippen molar-refractivity contribution in [2.75, 3.05) is 6.54 Å². The van der Waals surface area contributed by atoms with Gasteiger partial charge in [0.25, 0.3) is 0 Å². The van der Waals surface area contributed by atoms with Crippen LogP contribution in [0.4, 0.5) is 4.39 Å². The molecule has 0 N–H and O–H groups in total. The standard InChI is InChI=1S/C17H18FN5O/c1-12-20-17(24-21-12)14-9-22(8-13-2-4-15(18)5-3-13)11-16-6-7-19-23(16)10-14/h2-7,14H,8-11H2,1H3. The number of benzene rings is 1. The molecule has 0 amide bonds. The van der Waals surface area contributed by atoms with Crippen molar-refractivity contribution >= 4 is 0 Å². The molecule has 0 fully saturated rings. The van der Waals surface area contributed by atoms with Crippen molar-refractivity contribution in [1.29, 1.82) is 0 Å². The van der Waals surface area contributed by atoms with Crippen molar-refractivity contribution in [1.82, 2.24) is 24.8 Å². The molecule has 0 aliphatic carbocycles. The van der Waals surface area contributed by atoms with Crippen molar-refractivity contribution in [3.8, 4) is 0 Å². The van der Waals surface area contributed by atoms with E-state index in [0.717, 1.165) is 30.9 Å². The molecule has 0 saturated heterocycles. The maximum absolute atomic E-state index is 13.1. The van der Waals surface area contributed by atoms with Gasteiger partial charge in [0.2, 0.25) is 5.89 Å². The third kappa shape index (κ3) is 3.07. The molecule has 2 aromatic heterocycles. The molecule has 1 aliphatic rings. The highest BCUT2D eigenvalue weighted by molar-refractivity contribution is 5.16. The normalized spacial score (nSPS) is 18.3. The summed E-state index contributed by atoms with van der Waals surface area (Å²) in [5.41, 5.74) is 2.22. The van der Waals surface area contributed by atoms with E-state index in [-0.39, 0.29) is 11.7 Å². The third-order valence-corrected chi connectivity index (χ3v) is 4.27. The van der Waals surface area contributed by atoms with Gasteiger partial charge in [0.15, 0.2) is 5.82 Å². The number of hydrogen-bond donors (Lipinski definition) is 0. The fraction of sp³-hybridized carbons (Fsp3) is 0.353. The number of rotatable bonds is 3. The summed E-state index contributed by atoms with van der Waals surface area (Å²) in [4.78, 5) is 6.69. The van der Waals surface area contributed by atoms with Crippen molar-refractivity contribution in [2.45, 2.75) is 32.5 Å². The Bertz CT molecular complexity index is 826. The first kappa shape index (κ1) is 15.0. The molecule has 0 radical (unpaired) electrons. The summed E-state index contributed by atoms with van der Waals surface area (Å²) in [6.07, 6.45) is 1.81. The summed E-state index contributed by atoms with van der Waals surface area (Å²) in [5, 5.41) is 8.31. The second kappa shape index (κ2) is 6.16. The van der Waals surface area contributed by atoms with Crippen LogP contribution in [-0.4, -0.2) is 31.4 Å². The molecular weight excluding hydrogens is 309 g/mol. The molecule has 0 saturated carbocycles. The lowest BCUT2D eigenvalue weighted by molar-refractivity contribution is 0.226. The molecule has 1 aromatic carbocycles. The Kier molecular flexibility index (Phi) is 3.86. The van der Waals surface area contributed by atoms with Gasteiger partial charge < -0.3 is 4.52 Å². The quantitative estimate of drug-likeness (QED) is 0.740. The molecule has 7 heteroatoms. The van der Waals surface area contributed by atoms with E-state index in [9.17, 15) is 4.39 Å². The number of aryl methyl sites for hydroxylation is 1. The predicted octanol–water partition coefficient (Wildman–Crippen LogP) is 2.51. The van der Waals surface area contributed by atoms with Gasteiger partial charge in [-0.05, 0) is 30.7 Å². The van der Waals surface area contributed by atoms with E-state index >= 15 is 0 Å². The molecule has 1 aliphatic heterocycles. The lowest BCUT2D eigenvalue weighted by Crippen LogP contribution is -2.26. The minimum Gasteiger partial charge on any atom is -0.339 e. The Balaban J connectivity index is 1.60. The molecule has 4 rings (SSSR count). The highest BCUT2D eigenvalue weighted by Crippen LogP contribution is 2.24. The van der Waals surface area contributed by atoms with Crippen LogP contribution in [0.5, 0.6) is 0 Å². The van der Waals surface area contributed by atoms with Crippen molar-refractivity contribution < 1.29 is 8.91 Å². The van der Waals surface area contributed by atoms with Gasteiger partial charge in [-0.1, -0.05) is 17.3 Å². The lowest BCUT2D eigenvalue weighted by atomic mass is 10.1. The Morgan fingerprint density at radius 2 is 2.04 bits per heavy atom. The molecule has 0 spiro atoms. The molecule has 3 heterocycles. The predicted molar refractivity (Wildman–Crippen MR) is 84.5 cm³/mol. The largest absolute Gasteiger partial charge is 0.339 e. The highest BCUT2D eigenvalue weighted by atomic mass is 19.1. The SMILES string of the molecule is Cc1noc(C2CN(Cc3ccc(F)cc3)Cc3ccnn3C2)n1. The molecule has 124 valence electrons. The van der Waals surface area contributed by atoms with Crippen molar-refractivity contribution in [2.24, 2.45) is 0 Å². The van der Waals surface area contributed by atoms with E-state index in [0.29, 0.717) is 18.3 Å². The smallest absolute Gasteiger partial charge is 0.232 e. The number of fused-ring (bicyclic) bond motifs is 1. The van der Waals surface area contributed by atoms with Gasteiger partial charge >= 0.3 is 0 Å². The monoisotopic (exact) mass is 327 g/mol. The van der Waals surface area contributed by atoms with E-state index in [1.54, 1.807) is 0 Å². The van der Waals surface area contributed by atoms with Gasteiger partial charge in [-0.25, -0.2) is 4.39 Å².